The highest BCUT2D eigenvalue weighted by Gasteiger charge is 2.31. The summed E-state index contributed by atoms with van der Waals surface area (Å²) in [5.74, 6) is 0.272. The number of hydrogen-bond acceptors (Lipinski definition) is 2. The van der Waals surface area contributed by atoms with Crippen LogP contribution in [0.15, 0.2) is 12.1 Å². The van der Waals surface area contributed by atoms with E-state index in [0.29, 0.717) is 12.5 Å². The molecule has 0 saturated heterocycles. The van der Waals surface area contributed by atoms with Crippen LogP contribution in [0.1, 0.15) is 47.2 Å². The lowest BCUT2D eigenvalue weighted by Crippen LogP contribution is -2.39. The fraction of sp³-hybridized carbons (Fsp3) is 0.500. The molecule has 1 aromatic rings. The Kier molecular flexibility index (Phi) is 2.59. The van der Waals surface area contributed by atoms with E-state index in [9.17, 15) is 9.59 Å². The second kappa shape index (κ2) is 4.33. The Labute approximate surface area is 118 Å². The SMILES string of the molecule is O=C(NC1CC1)c1cc2c3c(c1)CCC(=O)N3CCC2. The quantitative estimate of drug-likeness (QED) is 0.891. The first kappa shape index (κ1) is 11.9. The summed E-state index contributed by atoms with van der Waals surface area (Å²) in [6, 6.07) is 4.36. The predicted molar refractivity (Wildman–Crippen MR) is 75.9 cm³/mol. The van der Waals surface area contributed by atoms with Crippen LogP contribution in [0.2, 0.25) is 0 Å². The molecule has 1 aromatic carbocycles. The van der Waals surface area contributed by atoms with Crippen LogP contribution in [-0.2, 0) is 17.6 Å². The van der Waals surface area contributed by atoms with Gasteiger partial charge in [-0.2, -0.15) is 0 Å². The van der Waals surface area contributed by atoms with Crippen LogP contribution in [-0.4, -0.2) is 24.4 Å². The van der Waals surface area contributed by atoms with Crippen LogP contribution < -0.4 is 10.2 Å². The Morgan fingerprint density at radius 2 is 1.90 bits per heavy atom. The van der Waals surface area contributed by atoms with Crippen LogP contribution in [0.3, 0.4) is 0 Å². The molecule has 0 radical (unpaired) electrons. The molecular weight excluding hydrogens is 252 g/mol. The van der Waals surface area contributed by atoms with Gasteiger partial charge in [0, 0.05) is 24.6 Å². The first-order valence-corrected chi connectivity index (χ1v) is 7.49. The van der Waals surface area contributed by atoms with Gasteiger partial charge in [-0.1, -0.05) is 0 Å². The topological polar surface area (TPSA) is 49.4 Å². The average molecular weight is 270 g/mol. The van der Waals surface area contributed by atoms with E-state index in [1.807, 2.05) is 17.0 Å². The number of nitrogens with one attached hydrogen (secondary N) is 1. The number of aryl methyl sites for hydroxylation is 2. The smallest absolute Gasteiger partial charge is 0.251 e. The third kappa shape index (κ3) is 1.90. The van der Waals surface area contributed by atoms with Crippen molar-refractivity contribution in [2.75, 3.05) is 11.4 Å². The zero-order valence-corrected chi connectivity index (χ0v) is 11.4. The lowest BCUT2D eigenvalue weighted by atomic mass is 9.89. The monoisotopic (exact) mass is 270 g/mol. The molecule has 1 saturated carbocycles. The molecule has 1 fully saturated rings. The van der Waals surface area contributed by atoms with Gasteiger partial charge >= 0.3 is 0 Å². The highest BCUT2D eigenvalue weighted by molar-refractivity contribution is 6.00. The second-order valence-electron chi connectivity index (χ2n) is 6.04. The molecule has 4 heteroatoms. The normalized spacial score (nSPS) is 20.6. The van der Waals surface area contributed by atoms with E-state index in [2.05, 4.69) is 5.32 Å². The van der Waals surface area contributed by atoms with Crippen molar-refractivity contribution in [2.24, 2.45) is 0 Å². The lowest BCUT2D eigenvalue weighted by molar-refractivity contribution is -0.119. The zero-order chi connectivity index (χ0) is 13.7. The molecule has 1 N–H and O–H groups in total. The van der Waals surface area contributed by atoms with Crippen LogP contribution in [0.4, 0.5) is 5.69 Å². The molecule has 1 aliphatic carbocycles. The van der Waals surface area contributed by atoms with Gasteiger partial charge in [-0.25, -0.2) is 0 Å². The van der Waals surface area contributed by atoms with Crippen molar-refractivity contribution in [3.05, 3.63) is 28.8 Å². The van der Waals surface area contributed by atoms with E-state index in [0.717, 1.165) is 49.9 Å². The first-order valence-electron chi connectivity index (χ1n) is 7.49. The molecule has 0 bridgehead atoms. The summed E-state index contributed by atoms with van der Waals surface area (Å²) in [5.41, 5.74) is 4.20. The van der Waals surface area contributed by atoms with Crippen LogP contribution in [0.25, 0.3) is 0 Å². The van der Waals surface area contributed by atoms with Gasteiger partial charge in [0.2, 0.25) is 5.91 Å². The molecule has 0 spiro atoms. The maximum absolute atomic E-state index is 12.2. The number of carbonyl (C=O) groups is 2. The summed E-state index contributed by atoms with van der Waals surface area (Å²) in [4.78, 5) is 26.1. The highest BCUT2D eigenvalue weighted by Crippen LogP contribution is 2.36. The molecule has 3 aliphatic rings. The van der Waals surface area contributed by atoms with Gasteiger partial charge in [0.15, 0.2) is 0 Å². The van der Waals surface area contributed by atoms with E-state index in [1.165, 1.54) is 11.1 Å². The maximum Gasteiger partial charge on any atom is 0.251 e. The average Bonchev–Trinajstić information content (AvgIpc) is 3.26. The van der Waals surface area contributed by atoms with Gasteiger partial charge < -0.3 is 10.2 Å². The maximum atomic E-state index is 12.2. The standard InChI is InChI=1S/C16H18N2O2/c19-14-6-3-11-9-12(16(20)17-13-4-5-13)8-10-2-1-7-18(14)15(10)11/h8-9,13H,1-7H2,(H,17,20). The Bertz CT molecular complexity index is 587. The van der Waals surface area contributed by atoms with Crippen molar-refractivity contribution < 1.29 is 9.59 Å². The molecule has 2 heterocycles. The van der Waals surface area contributed by atoms with Crippen molar-refractivity contribution in [3.8, 4) is 0 Å². The molecule has 2 aliphatic heterocycles. The Hall–Kier alpha value is -1.84. The molecular formula is C16H18N2O2. The third-order valence-electron chi connectivity index (χ3n) is 4.45. The van der Waals surface area contributed by atoms with E-state index >= 15 is 0 Å². The molecule has 4 rings (SSSR count). The fourth-order valence-corrected chi connectivity index (χ4v) is 3.28. The summed E-state index contributed by atoms with van der Waals surface area (Å²) >= 11 is 0. The Balaban J connectivity index is 1.74. The van der Waals surface area contributed by atoms with Crippen LogP contribution in [0.5, 0.6) is 0 Å². The van der Waals surface area contributed by atoms with Crippen LogP contribution in [0, 0.1) is 0 Å². The van der Waals surface area contributed by atoms with E-state index < -0.39 is 0 Å². The number of hydrogen-bond donors (Lipinski definition) is 1. The third-order valence-corrected chi connectivity index (χ3v) is 4.45. The largest absolute Gasteiger partial charge is 0.349 e. The highest BCUT2D eigenvalue weighted by atomic mass is 16.2. The molecule has 104 valence electrons. The minimum Gasteiger partial charge on any atom is -0.349 e. The minimum atomic E-state index is 0.0422. The van der Waals surface area contributed by atoms with Gasteiger partial charge in [0.25, 0.3) is 5.91 Å². The molecule has 20 heavy (non-hydrogen) atoms. The van der Waals surface area contributed by atoms with E-state index in [-0.39, 0.29) is 11.8 Å². The molecule has 4 nitrogen and oxygen atoms in total. The summed E-state index contributed by atoms with van der Waals surface area (Å²) in [6.07, 6.45) is 5.50. The summed E-state index contributed by atoms with van der Waals surface area (Å²) < 4.78 is 0. The second-order valence-corrected chi connectivity index (χ2v) is 6.04. The number of benzene rings is 1. The number of carbonyl (C=O) groups excluding carboxylic acids is 2. The fourth-order valence-electron chi connectivity index (χ4n) is 3.28. The molecule has 2 amide bonds. The number of anilines is 1. The van der Waals surface area contributed by atoms with Gasteiger partial charge in [-0.3, -0.25) is 9.59 Å². The number of amides is 2. The minimum absolute atomic E-state index is 0.0422. The van der Waals surface area contributed by atoms with E-state index in [4.69, 9.17) is 0 Å². The number of rotatable bonds is 2. The van der Waals surface area contributed by atoms with Crippen LogP contribution >= 0.6 is 0 Å². The lowest BCUT2D eigenvalue weighted by Gasteiger charge is -2.35. The summed E-state index contributed by atoms with van der Waals surface area (Å²) in [7, 11) is 0. The van der Waals surface area contributed by atoms with Gasteiger partial charge in [-0.15, -0.1) is 0 Å². The van der Waals surface area contributed by atoms with E-state index in [1.54, 1.807) is 0 Å². The van der Waals surface area contributed by atoms with Crippen molar-refractivity contribution in [3.63, 3.8) is 0 Å². The molecule has 0 atom stereocenters. The number of nitrogens with zero attached hydrogens (tertiary/aromatic N) is 1. The predicted octanol–water partition coefficient (Wildman–Crippen LogP) is 1.80. The summed E-state index contributed by atoms with van der Waals surface area (Å²) in [5, 5.41) is 3.05. The first-order chi connectivity index (χ1) is 9.72. The van der Waals surface area contributed by atoms with Gasteiger partial charge in [-0.05, 0) is 55.4 Å². The molecule has 0 unspecified atom stereocenters. The van der Waals surface area contributed by atoms with Crippen molar-refractivity contribution in [2.45, 2.75) is 44.6 Å². The zero-order valence-electron chi connectivity index (χ0n) is 11.4. The van der Waals surface area contributed by atoms with Crippen molar-refractivity contribution in [1.29, 1.82) is 0 Å². The van der Waals surface area contributed by atoms with Gasteiger partial charge in [0.05, 0.1) is 5.69 Å². The molecule has 0 aromatic heterocycles. The van der Waals surface area contributed by atoms with Crippen molar-refractivity contribution in [1.82, 2.24) is 5.32 Å². The van der Waals surface area contributed by atoms with Gasteiger partial charge in [0.1, 0.15) is 0 Å². The Morgan fingerprint density at radius 1 is 1.15 bits per heavy atom. The van der Waals surface area contributed by atoms with Crippen molar-refractivity contribution >= 4 is 17.5 Å². The summed E-state index contributed by atoms with van der Waals surface area (Å²) in [6.45, 7) is 0.826. The Morgan fingerprint density at radius 3 is 2.65 bits per heavy atom.